The molecule has 2 fully saturated rings. The van der Waals surface area contributed by atoms with E-state index in [-0.39, 0.29) is 24.3 Å². The van der Waals surface area contributed by atoms with Crippen LogP contribution in [0.25, 0.3) is 0 Å². The maximum absolute atomic E-state index is 12.8. The van der Waals surface area contributed by atoms with Crippen molar-refractivity contribution in [2.24, 2.45) is 17.8 Å². The SMILES string of the molecule is O=C(Nc1ccc(C(=O)N2C[C@H](C(=O)O)[C@@H](C3CC3)C2)cc1)c1ccccc1. The van der Waals surface area contributed by atoms with Crippen molar-refractivity contribution in [1.29, 1.82) is 0 Å². The van der Waals surface area contributed by atoms with Crippen molar-refractivity contribution in [3.05, 3.63) is 65.7 Å². The number of anilines is 1. The van der Waals surface area contributed by atoms with Gasteiger partial charge in [0.05, 0.1) is 5.92 Å². The van der Waals surface area contributed by atoms with Crippen LogP contribution < -0.4 is 5.32 Å². The summed E-state index contributed by atoms with van der Waals surface area (Å²) in [5.74, 6) is -1.15. The minimum absolute atomic E-state index is 0.0610. The van der Waals surface area contributed by atoms with Crippen molar-refractivity contribution in [2.75, 3.05) is 18.4 Å². The second-order valence-corrected chi connectivity index (χ2v) is 7.55. The van der Waals surface area contributed by atoms with E-state index in [4.69, 9.17) is 0 Å². The number of carbonyl (C=O) groups excluding carboxylic acids is 2. The fraction of sp³-hybridized carbons (Fsp3) is 0.318. The smallest absolute Gasteiger partial charge is 0.308 e. The number of likely N-dealkylation sites (tertiary alicyclic amines) is 1. The van der Waals surface area contributed by atoms with Crippen LogP contribution >= 0.6 is 0 Å². The van der Waals surface area contributed by atoms with Crippen LogP contribution in [0, 0.1) is 17.8 Å². The van der Waals surface area contributed by atoms with Gasteiger partial charge in [0.25, 0.3) is 11.8 Å². The fourth-order valence-electron chi connectivity index (χ4n) is 3.93. The molecule has 2 aromatic carbocycles. The zero-order valence-electron chi connectivity index (χ0n) is 15.4. The van der Waals surface area contributed by atoms with Crippen LogP contribution in [-0.2, 0) is 4.79 Å². The predicted molar refractivity (Wildman–Crippen MR) is 104 cm³/mol. The fourth-order valence-corrected chi connectivity index (χ4v) is 3.93. The lowest BCUT2D eigenvalue weighted by molar-refractivity contribution is -0.142. The molecule has 1 saturated carbocycles. The van der Waals surface area contributed by atoms with Gasteiger partial charge in [-0.15, -0.1) is 0 Å². The summed E-state index contributed by atoms with van der Waals surface area (Å²) >= 11 is 0. The van der Waals surface area contributed by atoms with E-state index in [2.05, 4.69) is 5.32 Å². The Morgan fingerprint density at radius 2 is 1.57 bits per heavy atom. The van der Waals surface area contributed by atoms with E-state index in [1.807, 2.05) is 6.07 Å². The van der Waals surface area contributed by atoms with E-state index in [9.17, 15) is 19.5 Å². The van der Waals surface area contributed by atoms with Crippen molar-refractivity contribution in [1.82, 2.24) is 4.90 Å². The quantitative estimate of drug-likeness (QED) is 0.837. The highest BCUT2D eigenvalue weighted by atomic mass is 16.4. The van der Waals surface area contributed by atoms with E-state index in [0.717, 1.165) is 12.8 Å². The minimum atomic E-state index is -0.814. The molecule has 144 valence electrons. The number of hydrogen-bond acceptors (Lipinski definition) is 3. The van der Waals surface area contributed by atoms with Gasteiger partial charge in [-0.2, -0.15) is 0 Å². The number of carboxylic acids is 1. The molecule has 2 aromatic rings. The Kier molecular flexibility index (Phi) is 4.86. The zero-order chi connectivity index (χ0) is 19.7. The Balaban J connectivity index is 1.41. The second-order valence-electron chi connectivity index (χ2n) is 7.55. The summed E-state index contributed by atoms with van der Waals surface area (Å²) in [6.45, 7) is 0.773. The van der Waals surface area contributed by atoms with Crippen LogP contribution in [0.1, 0.15) is 33.6 Å². The van der Waals surface area contributed by atoms with E-state index < -0.39 is 11.9 Å². The Labute approximate surface area is 163 Å². The molecule has 0 unspecified atom stereocenters. The molecule has 0 spiro atoms. The van der Waals surface area contributed by atoms with Crippen molar-refractivity contribution >= 4 is 23.5 Å². The molecule has 28 heavy (non-hydrogen) atoms. The summed E-state index contributed by atoms with van der Waals surface area (Å²) in [5, 5.41) is 12.3. The molecule has 6 nitrogen and oxygen atoms in total. The first-order chi connectivity index (χ1) is 13.5. The van der Waals surface area contributed by atoms with Crippen LogP contribution in [0.4, 0.5) is 5.69 Å². The average molecular weight is 378 g/mol. The predicted octanol–water partition coefficient (Wildman–Crippen LogP) is 3.12. The first kappa shape index (κ1) is 18.2. The first-order valence-electron chi connectivity index (χ1n) is 9.51. The lowest BCUT2D eigenvalue weighted by Crippen LogP contribution is -2.29. The molecule has 2 aliphatic rings. The third kappa shape index (κ3) is 3.76. The number of nitrogens with one attached hydrogen (secondary N) is 1. The standard InChI is InChI=1S/C22H22N2O4/c25-20(15-4-2-1-3-5-15)23-17-10-8-16(9-11-17)21(26)24-12-18(14-6-7-14)19(13-24)22(27)28/h1-5,8-11,14,18-19H,6-7,12-13H2,(H,23,25)(H,27,28)/t18-,19+/m1/s1. The molecule has 1 aliphatic heterocycles. The molecule has 2 atom stereocenters. The zero-order valence-corrected chi connectivity index (χ0v) is 15.4. The molecule has 1 saturated heterocycles. The maximum Gasteiger partial charge on any atom is 0.308 e. The molecule has 0 aromatic heterocycles. The Morgan fingerprint density at radius 3 is 2.18 bits per heavy atom. The maximum atomic E-state index is 12.8. The second kappa shape index (κ2) is 7.46. The number of nitrogens with zero attached hydrogens (tertiary/aromatic N) is 1. The van der Waals surface area contributed by atoms with Gasteiger partial charge >= 0.3 is 5.97 Å². The van der Waals surface area contributed by atoms with Gasteiger partial charge in [0.2, 0.25) is 0 Å². The summed E-state index contributed by atoms with van der Waals surface area (Å²) < 4.78 is 0. The normalized spacial score (nSPS) is 21.4. The average Bonchev–Trinajstić information content (AvgIpc) is 3.46. The van der Waals surface area contributed by atoms with Crippen LogP contribution in [0.15, 0.2) is 54.6 Å². The van der Waals surface area contributed by atoms with E-state index >= 15 is 0 Å². The van der Waals surface area contributed by atoms with Crippen molar-refractivity contribution < 1.29 is 19.5 Å². The van der Waals surface area contributed by atoms with Crippen LogP contribution in [0.5, 0.6) is 0 Å². The summed E-state index contributed by atoms with van der Waals surface area (Å²) in [6, 6.07) is 15.6. The van der Waals surface area contributed by atoms with E-state index in [0.29, 0.717) is 29.3 Å². The number of aliphatic carboxylic acids is 1. The highest BCUT2D eigenvalue weighted by molar-refractivity contribution is 6.04. The number of rotatable bonds is 5. The summed E-state index contributed by atoms with van der Waals surface area (Å²) in [6.07, 6.45) is 2.12. The molecular weight excluding hydrogens is 356 g/mol. The van der Waals surface area contributed by atoms with Crippen LogP contribution in [0.2, 0.25) is 0 Å². The Bertz CT molecular complexity index is 891. The van der Waals surface area contributed by atoms with Gasteiger partial charge < -0.3 is 15.3 Å². The number of benzene rings is 2. The van der Waals surface area contributed by atoms with Crippen molar-refractivity contribution in [3.8, 4) is 0 Å². The van der Waals surface area contributed by atoms with Gasteiger partial charge in [-0.3, -0.25) is 14.4 Å². The van der Waals surface area contributed by atoms with Crippen LogP contribution in [0.3, 0.4) is 0 Å². The van der Waals surface area contributed by atoms with Gasteiger partial charge in [-0.1, -0.05) is 18.2 Å². The van der Waals surface area contributed by atoms with Crippen molar-refractivity contribution in [3.63, 3.8) is 0 Å². The molecule has 0 radical (unpaired) electrons. The topological polar surface area (TPSA) is 86.7 Å². The lowest BCUT2D eigenvalue weighted by atomic mass is 9.92. The molecule has 0 bridgehead atoms. The highest BCUT2D eigenvalue weighted by Crippen LogP contribution is 2.44. The lowest BCUT2D eigenvalue weighted by Gasteiger charge is -2.16. The molecule has 1 aliphatic carbocycles. The van der Waals surface area contributed by atoms with Crippen molar-refractivity contribution in [2.45, 2.75) is 12.8 Å². The van der Waals surface area contributed by atoms with Gasteiger partial charge in [-0.25, -0.2) is 0 Å². The molecular formula is C22H22N2O4. The third-order valence-electron chi connectivity index (χ3n) is 5.62. The number of amides is 2. The monoisotopic (exact) mass is 378 g/mol. The number of hydrogen-bond donors (Lipinski definition) is 2. The Hall–Kier alpha value is -3.15. The van der Waals surface area contributed by atoms with Crippen LogP contribution in [-0.4, -0.2) is 40.9 Å². The highest BCUT2D eigenvalue weighted by Gasteiger charge is 2.46. The van der Waals surface area contributed by atoms with Gasteiger partial charge in [0.15, 0.2) is 0 Å². The number of carboxylic acid groups (broad SMARTS) is 1. The van der Waals surface area contributed by atoms with Gasteiger partial charge in [-0.05, 0) is 61.1 Å². The van der Waals surface area contributed by atoms with Gasteiger partial charge in [0, 0.05) is 29.9 Å². The molecule has 6 heteroatoms. The van der Waals surface area contributed by atoms with Gasteiger partial charge in [0.1, 0.15) is 0 Å². The third-order valence-corrected chi connectivity index (χ3v) is 5.62. The molecule has 2 N–H and O–H groups in total. The Morgan fingerprint density at radius 1 is 0.893 bits per heavy atom. The van der Waals surface area contributed by atoms with E-state index in [1.54, 1.807) is 53.4 Å². The first-order valence-corrected chi connectivity index (χ1v) is 9.51. The summed E-state index contributed by atoms with van der Waals surface area (Å²) in [7, 11) is 0. The molecule has 2 amide bonds. The summed E-state index contributed by atoms with van der Waals surface area (Å²) in [4.78, 5) is 38.2. The number of carbonyl (C=O) groups is 3. The summed E-state index contributed by atoms with van der Waals surface area (Å²) in [5.41, 5.74) is 1.66. The minimum Gasteiger partial charge on any atom is -0.481 e. The largest absolute Gasteiger partial charge is 0.481 e. The molecule has 1 heterocycles. The molecule has 4 rings (SSSR count). The van der Waals surface area contributed by atoms with E-state index in [1.165, 1.54) is 0 Å².